The zero-order chi connectivity index (χ0) is 18.3. The number of imidazole rings is 1. The van der Waals surface area contributed by atoms with E-state index in [1.165, 1.54) is 11.8 Å². The topological polar surface area (TPSA) is 41.4 Å². The van der Waals surface area contributed by atoms with E-state index in [0.29, 0.717) is 18.3 Å². The molecule has 2 saturated heterocycles. The van der Waals surface area contributed by atoms with Crippen molar-refractivity contribution in [1.29, 1.82) is 0 Å². The molecule has 2 aromatic rings. The summed E-state index contributed by atoms with van der Waals surface area (Å²) in [5, 5.41) is 0. The summed E-state index contributed by atoms with van der Waals surface area (Å²) in [6.07, 6.45) is 4.22. The van der Waals surface area contributed by atoms with E-state index in [1.807, 2.05) is 42.0 Å². The maximum absolute atomic E-state index is 13.8. The summed E-state index contributed by atoms with van der Waals surface area (Å²) in [5.74, 6) is 0.707. The number of aryl methyl sites for hydroxylation is 1. The van der Waals surface area contributed by atoms with Crippen molar-refractivity contribution < 1.29 is 9.18 Å². The quantitative estimate of drug-likeness (QED) is 0.846. The molecular weight excluding hydrogens is 331 g/mol. The summed E-state index contributed by atoms with van der Waals surface area (Å²) in [6, 6.07) is 6.72. The minimum atomic E-state index is -0.236. The molecule has 2 aliphatic rings. The normalized spacial score (nSPS) is 25.7. The van der Waals surface area contributed by atoms with Crippen molar-refractivity contribution in [2.45, 2.75) is 25.9 Å². The van der Waals surface area contributed by atoms with Gasteiger partial charge in [0.2, 0.25) is 5.91 Å². The van der Waals surface area contributed by atoms with Crippen LogP contribution in [0.3, 0.4) is 0 Å². The highest BCUT2D eigenvalue weighted by Gasteiger charge is 2.48. The molecule has 3 atom stereocenters. The van der Waals surface area contributed by atoms with Gasteiger partial charge >= 0.3 is 0 Å². The van der Waals surface area contributed by atoms with Gasteiger partial charge in [-0.15, -0.1) is 0 Å². The number of rotatable bonds is 4. The standard InChI is InChI=1S/C20H25FN4O/c1-3-19(26)25-10-15-9-24(11-17-8-22-13-23(17)2)12-18(15)20(25)14-5-4-6-16(21)7-14/h4-8,13,15,18,20H,3,9-12H2,1-2H3/t15-,18-,20+/m0/s1. The lowest BCUT2D eigenvalue weighted by atomic mass is 9.89. The fourth-order valence-electron chi connectivity index (χ4n) is 4.61. The Morgan fingerprint density at radius 1 is 1.31 bits per heavy atom. The Kier molecular flexibility index (Phi) is 4.53. The molecule has 0 saturated carbocycles. The maximum Gasteiger partial charge on any atom is 0.222 e. The summed E-state index contributed by atoms with van der Waals surface area (Å²) >= 11 is 0. The fraction of sp³-hybridized carbons (Fsp3) is 0.500. The number of halogens is 1. The van der Waals surface area contributed by atoms with Crippen molar-refractivity contribution in [3.63, 3.8) is 0 Å². The SMILES string of the molecule is CCC(=O)N1C[C@@H]2CN(Cc3cncn3C)C[C@@H]2[C@H]1c1cccc(F)c1. The summed E-state index contributed by atoms with van der Waals surface area (Å²) in [5.41, 5.74) is 2.11. The van der Waals surface area contributed by atoms with E-state index in [9.17, 15) is 9.18 Å². The van der Waals surface area contributed by atoms with Crippen molar-refractivity contribution in [2.24, 2.45) is 18.9 Å². The van der Waals surface area contributed by atoms with Gasteiger partial charge in [-0.2, -0.15) is 0 Å². The van der Waals surface area contributed by atoms with E-state index >= 15 is 0 Å². The molecule has 0 unspecified atom stereocenters. The highest BCUT2D eigenvalue weighted by Crippen LogP contribution is 2.45. The fourth-order valence-corrected chi connectivity index (χ4v) is 4.61. The Bertz CT molecular complexity index is 805. The molecule has 0 radical (unpaired) electrons. The van der Waals surface area contributed by atoms with Crippen molar-refractivity contribution in [3.8, 4) is 0 Å². The Hall–Kier alpha value is -2.21. The summed E-state index contributed by atoms with van der Waals surface area (Å²) in [6.45, 7) is 5.41. The van der Waals surface area contributed by atoms with E-state index in [2.05, 4.69) is 9.88 Å². The minimum absolute atomic E-state index is 0.0281. The highest BCUT2D eigenvalue weighted by molar-refractivity contribution is 5.77. The van der Waals surface area contributed by atoms with Crippen molar-refractivity contribution >= 4 is 5.91 Å². The second-order valence-corrected chi connectivity index (χ2v) is 7.51. The first-order chi connectivity index (χ1) is 12.6. The lowest BCUT2D eigenvalue weighted by Gasteiger charge is -2.30. The van der Waals surface area contributed by atoms with Crippen molar-refractivity contribution in [1.82, 2.24) is 19.4 Å². The molecule has 0 N–H and O–H groups in total. The van der Waals surface area contributed by atoms with Crippen LogP contribution in [0, 0.1) is 17.7 Å². The van der Waals surface area contributed by atoms with Crippen LogP contribution < -0.4 is 0 Å². The maximum atomic E-state index is 13.8. The van der Waals surface area contributed by atoms with Gasteiger partial charge in [-0.25, -0.2) is 9.37 Å². The second kappa shape index (κ2) is 6.83. The predicted octanol–water partition coefficient (Wildman–Crippen LogP) is 2.60. The zero-order valence-corrected chi connectivity index (χ0v) is 15.3. The van der Waals surface area contributed by atoms with Gasteiger partial charge in [0.15, 0.2) is 0 Å². The van der Waals surface area contributed by atoms with Crippen molar-refractivity contribution in [2.75, 3.05) is 19.6 Å². The van der Waals surface area contributed by atoms with E-state index in [0.717, 1.165) is 31.7 Å². The minimum Gasteiger partial charge on any atom is -0.337 e. The summed E-state index contributed by atoms with van der Waals surface area (Å²) in [7, 11) is 2.01. The van der Waals surface area contributed by atoms with E-state index in [-0.39, 0.29) is 17.8 Å². The van der Waals surface area contributed by atoms with Gasteiger partial charge in [0.1, 0.15) is 5.82 Å². The van der Waals surface area contributed by atoms with Crippen LogP contribution in [0.2, 0.25) is 0 Å². The number of nitrogens with zero attached hydrogens (tertiary/aromatic N) is 4. The van der Waals surface area contributed by atoms with Gasteiger partial charge in [-0.1, -0.05) is 19.1 Å². The van der Waals surface area contributed by atoms with Gasteiger partial charge < -0.3 is 9.47 Å². The molecule has 1 amide bonds. The zero-order valence-electron chi connectivity index (χ0n) is 15.3. The van der Waals surface area contributed by atoms with E-state index in [1.54, 1.807) is 12.1 Å². The predicted molar refractivity (Wildman–Crippen MR) is 96.6 cm³/mol. The largest absolute Gasteiger partial charge is 0.337 e. The monoisotopic (exact) mass is 356 g/mol. The molecule has 0 aliphatic carbocycles. The van der Waals surface area contributed by atoms with E-state index < -0.39 is 0 Å². The molecule has 138 valence electrons. The summed E-state index contributed by atoms with van der Waals surface area (Å²) < 4.78 is 15.9. The van der Waals surface area contributed by atoms with Crippen LogP contribution in [-0.4, -0.2) is 44.9 Å². The number of aromatic nitrogens is 2. The first kappa shape index (κ1) is 17.2. The Morgan fingerprint density at radius 2 is 2.15 bits per heavy atom. The number of amides is 1. The molecule has 26 heavy (non-hydrogen) atoms. The Balaban J connectivity index is 1.57. The van der Waals surface area contributed by atoms with Gasteiger partial charge in [-0.3, -0.25) is 9.69 Å². The lowest BCUT2D eigenvalue weighted by molar-refractivity contribution is -0.132. The van der Waals surface area contributed by atoms with Crippen LogP contribution in [-0.2, 0) is 18.4 Å². The molecule has 1 aromatic carbocycles. The van der Waals surface area contributed by atoms with Gasteiger partial charge in [0.25, 0.3) is 0 Å². The van der Waals surface area contributed by atoms with Crippen LogP contribution in [0.25, 0.3) is 0 Å². The molecule has 3 heterocycles. The Morgan fingerprint density at radius 3 is 2.85 bits per heavy atom. The van der Waals surface area contributed by atoms with Gasteiger partial charge in [0, 0.05) is 51.8 Å². The van der Waals surface area contributed by atoms with Crippen LogP contribution in [0.15, 0.2) is 36.8 Å². The first-order valence-corrected chi connectivity index (χ1v) is 9.29. The number of benzene rings is 1. The highest BCUT2D eigenvalue weighted by atomic mass is 19.1. The number of carbonyl (C=O) groups excluding carboxylic acids is 1. The molecule has 1 aromatic heterocycles. The molecule has 5 nitrogen and oxygen atoms in total. The molecule has 6 heteroatoms. The smallest absolute Gasteiger partial charge is 0.222 e. The van der Waals surface area contributed by atoms with Crippen LogP contribution in [0.4, 0.5) is 4.39 Å². The molecular formula is C20H25FN4O. The molecule has 2 fully saturated rings. The third-order valence-corrected chi connectivity index (χ3v) is 5.85. The Labute approximate surface area is 153 Å². The van der Waals surface area contributed by atoms with Gasteiger partial charge in [0.05, 0.1) is 18.1 Å². The van der Waals surface area contributed by atoms with Crippen molar-refractivity contribution in [3.05, 3.63) is 53.9 Å². The number of fused-ring (bicyclic) bond motifs is 1. The first-order valence-electron chi connectivity index (χ1n) is 9.29. The third kappa shape index (κ3) is 3.03. The summed E-state index contributed by atoms with van der Waals surface area (Å²) in [4.78, 5) is 21.1. The molecule has 2 aliphatic heterocycles. The van der Waals surface area contributed by atoms with Gasteiger partial charge in [-0.05, 0) is 23.6 Å². The lowest BCUT2D eigenvalue weighted by Crippen LogP contribution is -2.35. The third-order valence-electron chi connectivity index (χ3n) is 5.85. The van der Waals surface area contributed by atoms with Crippen LogP contribution in [0.5, 0.6) is 0 Å². The number of hydrogen-bond acceptors (Lipinski definition) is 3. The number of hydrogen-bond donors (Lipinski definition) is 0. The number of likely N-dealkylation sites (tertiary alicyclic amines) is 2. The second-order valence-electron chi connectivity index (χ2n) is 7.51. The average Bonchev–Trinajstić information content (AvgIpc) is 3.29. The average molecular weight is 356 g/mol. The molecule has 4 rings (SSSR count). The van der Waals surface area contributed by atoms with Crippen LogP contribution in [0.1, 0.15) is 30.6 Å². The number of carbonyl (C=O) groups is 1. The van der Waals surface area contributed by atoms with Crippen LogP contribution >= 0.6 is 0 Å². The van der Waals surface area contributed by atoms with E-state index in [4.69, 9.17) is 0 Å². The molecule has 0 spiro atoms. The molecule has 0 bridgehead atoms.